The van der Waals surface area contributed by atoms with Gasteiger partial charge < -0.3 is 5.11 Å². The van der Waals surface area contributed by atoms with E-state index in [9.17, 15) is 18.4 Å². The van der Waals surface area contributed by atoms with E-state index in [1.54, 1.807) is 25.1 Å². The molecule has 0 spiro atoms. The summed E-state index contributed by atoms with van der Waals surface area (Å²) in [6, 6.07) is 10.4. The molecule has 0 aliphatic carbocycles. The summed E-state index contributed by atoms with van der Waals surface area (Å²) in [7, 11) is 0. The fourth-order valence-corrected chi connectivity index (χ4v) is 3.19. The summed E-state index contributed by atoms with van der Waals surface area (Å²) >= 11 is -5.09. The van der Waals surface area contributed by atoms with Crippen molar-refractivity contribution in [2.24, 2.45) is 0 Å². The quantitative estimate of drug-likeness (QED) is 0.466. The topological polar surface area (TPSA) is 144 Å². The molecule has 134 valence electrons. The van der Waals surface area contributed by atoms with Crippen LogP contribution in [0.1, 0.15) is 22.8 Å². The first-order valence-electron chi connectivity index (χ1n) is 6.98. The van der Waals surface area contributed by atoms with Gasteiger partial charge in [-0.05, 0) is 18.6 Å². The zero-order chi connectivity index (χ0) is 19.2. The van der Waals surface area contributed by atoms with Crippen LogP contribution in [0.4, 0.5) is 5.69 Å². The van der Waals surface area contributed by atoms with Crippen LogP contribution >= 0.6 is 0 Å². The molecule has 2 aromatic rings. The zero-order valence-corrected chi connectivity index (χ0v) is 15.4. The van der Waals surface area contributed by atoms with Crippen molar-refractivity contribution in [3.05, 3.63) is 53.6 Å². The largest absolute Gasteiger partial charge is 0.478 e. The van der Waals surface area contributed by atoms with Gasteiger partial charge in [-0.25, -0.2) is 4.79 Å². The Hall–Kier alpha value is -2.54. The van der Waals surface area contributed by atoms with E-state index in [2.05, 4.69) is 5.32 Å². The molecule has 0 aliphatic heterocycles. The van der Waals surface area contributed by atoms with E-state index in [-0.39, 0.29) is 11.6 Å². The first kappa shape index (κ1) is 20.5. The van der Waals surface area contributed by atoms with Crippen LogP contribution in [0.25, 0.3) is 0 Å². The number of aryl methyl sites for hydroxylation is 1. The summed E-state index contributed by atoms with van der Waals surface area (Å²) in [4.78, 5) is 21.1. The Morgan fingerprint density at radius 3 is 2.08 bits per heavy atom. The Labute approximate surface area is 146 Å². The van der Waals surface area contributed by atoms with Gasteiger partial charge in [-0.3, -0.25) is 0 Å². The third kappa shape index (κ3) is 6.46. The number of phenols is 1. The van der Waals surface area contributed by atoms with Crippen LogP contribution in [0, 0.1) is 6.92 Å². The number of carbonyl (C=O) groups is 2. The molecule has 0 saturated carbocycles. The van der Waals surface area contributed by atoms with E-state index in [4.69, 9.17) is 13.3 Å². The molecule has 9 heteroatoms. The second-order valence-corrected chi connectivity index (χ2v) is 8.34. The molecule has 2 aromatic carbocycles. The number of carboxylic acid groups (broad SMARTS) is 1. The van der Waals surface area contributed by atoms with Crippen molar-refractivity contribution in [1.29, 1.82) is 0 Å². The number of hydrogen-bond acceptors (Lipinski definition) is 4. The van der Waals surface area contributed by atoms with Gasteiger partial charge in [0.1, 0.15) is 0 Å². The van der Waals surface area contributed by atoms with Crippen molar-refractivity contribution in [3.8, 4) is 5.75 Å². The number of aromatic hydroxyl groups is 1. The number of benzene rings is 2. The first-order valence-corrected chi connectivity index (χ1v) is 10.4. The van der Waals surface area contributed by atoms with E-state index in [0.717, 1.165) is 17.7 Å². The predicted octanol–water partition coefficient (Wildman–Crippen LogP) is 0.605. The van der Waals surface area contributed by atoms with Crippen molar-refractivity contribution in [1.82, 2.24) is 0 Å². The number of amides is 1. The molecule has 0 aliphatic rings. The van der Waals surface area contributed by atoms with Crippen molar-refractivity contribution in [3.63, 3.8) is 0 Å². The summed E-state index contributed by atoms with van der Waals surface area (Å²) in [6.07, 6.45) is 0. The van der Waals surface area contributed by atoms with Crippen LogP contribution in [-0.4, -0.2) is 44.5 Å². The minimum Gasteiger partial charge on any atom is -0.478 e. The van der Waals surface area contributed by atoms with Crippen molar-refractivity contribution >= 4 is 36.1 Å². The average Bonchev–Trinajstić information content (AvgIpc) is 2.46. The van der Waals surface area contributed by atoms with Crippen LogP contribution in [0.3, 0.4) is 0 Å². The van der Waals surface area contributed by atoms with Crippen LogP contribution < -0.4 is 9.67 Å². The van der Waals surface area contributed by atoms with Gasteiger partial charge in [0.25, 0.3) is 0 Å². The molecule has 0 fully saturated rings. The summed E-state index contributed by atoms with van der Waals surface area (Å²) in [6.45, 7) is 3.07. The Morgan fingerprint density at radius 2 is 1.68 bits per heavy atom. The minimum absolute atomic E-state index is 0.285. The maximum Gasteiger partial charge on any atom is 0.335 e. The number of hydrogen-bond donors (Lipinski definition) is 5. The number of carboxylic acids is 1. The Balaban J connectivity index is 0.000000271. The summed E-state index contributed by atoms with van der Waals surface area (Å²) in [5, 5.41) is 20.3. The Bertz CT molecular complexity index is 829. The van der Waals surface area contributed by atoms with E-state index in [1.165, 1.54) is 13.0 Å². The molecule has 0 unspecified atom stereocenters. The summed E-state index contributed by atoms with van der Waals surface area (Å²) < 4.78 is 28.2. The molecule has 0 saturated heterocycles. The van der Waals surface area contributed by atoms with Crippen LogP contribution in [0.5, 0.6) is 5.75 Å². The van der Waals surface area contributed by atoms with Gasteiger partial charge in [0.2, 0.25) is 0 Å². The van der Waals surface area contributed by atoms with Gasteiger partial charge in [-0.15, -0.1) is 0 Å². The van der Waals surface area contributed by atoms with Crippen molar-refractivity contribution < 1.29 is 31.7 Å². The SMILES string of the molecule is CC(=O)Nc1ccc([As](=O)(O)O)c(O)c1.Cc1ccccc1C(=O)O. The number of carbonyl (C=O) groups excluding carboxylic acids is 1. The standard InChI is InChI=1S/C8H10AsNO5.C8H8O2/c1-5(11)10-6-2-3-7(8(12)4-6)9(13,14)15;1-6-4-2-3-5-7(6)8(9)10/h2-4,12H,1H3,(H,10,11)(H2,13,14,15);2-5H,1H3,(H,9,10). The molecule has 0 heterocycles. The van der Waals surface area contributed by atoms with E-state index in [0.29, 0.717) is 5.56 Å². The molecule has 0 radical (unpaired) electrons. The Morgan fingerprint density at radius 1 is 1.08 bits per heavy atom. The third-order valence-corrected chi connectivity index (χ3v) is 5.10. The molecule has 5 N–H and O–H groups in total. The maximum atomic E-state index is 10.9. The smallest absolute Gasteiger partial charge is 0.335 e. The number of rotatable bonds is 3. The van der Waals surface area contributed by atoms with Crippen molar-refractivity contribution in [2.75, 3.05) is 5.32 Å². The second kappa shape index (κ2) is 8.52. The fourth-order valence-electron chi connectivity index (χ4n) is 1.86. The van der Waals surface area contributed by atoms with Gasteiger partial charge in [0.15, 0.2) is 0 Å². The van der Waals surface area contributed by atoms with E-state index >= 15 is 0 Å². The van der Waals surface area contributed by atoms with Gasteiger partial charge in [0, 0.05) is 0 Å². The van der Waals surface area contributed by atoms with Crippen LogP contribution in [0.15, 0.2) is 42.5 Å². The average molecular weight is 411 g/mol. The molecule has 0 atom stereocenters. The second-order valence-electron chi connectivity index (χ2n) is 5.05. The van der Waals surface area contributed by atoms with Crippen LogP contribution in [-0.2, 0) is 8.53 Å². The molecule has 8 nitrogen and oxygen atoms in total. The molecule has 0 aromatic heterocycles. The minimum atomic E-state index is -5.09. The predicted molar refractivity (Wildman–Crippen MR) is 91.1 cm³/mol. The van der Waals surface area contributed by atoms with E-state index in [1.807, 2.05) is 6.07 Å². The normalized spacial score (nSPS) is 10.4. The van der Waals surface area contributed by atoms with Crippen molar-refractivity contribution in [2.45, 2.75) is 13.8 Å². The zero-order valence-electron chi connectivity index (χ0n) is 13.5. The molecule has 0 bridgehead atoms. The monoisotopic (exact) mass is 411 g/mol. The summed E-state index contributed by atoms with van der Waals surface area (Å²) in [5.41, 5.74) is 1.46. The number of phenolic OH excluding ortho intramolecular Hbond substituents is 1. The fraction of sp³-hybridized carbons (Fsp3) is 0.125. The summed E-state index contributed by atoms with van der Waals surface area (Å²) in [5.74, 6) is -1.71. The number of anilines is 1. The third-order valence-electron chi connectivity index (χ3n) is 2.99. The molecule has 2 rings (SSSR count). The number of nitrogens with one attached hydrogen (secondary N) is 1. The Kier molecular flexibility index (Phi) is 6.99. The number of aromatic carboxylic acids is 1. The van der Waals surface area contributed by atoms with Gasteiger partial charge in [-0.1, -0.05) is 18.2 Å². The molecular weight excluding hydrogens is 393 g/mol. The molecule has 25 heavy (non-hydrogen) atoms. The molecular formula is C16H18AsNO7. The maximum absolute atomic E-state index is 10.9. The molecule has 1 amide bonds. The van der Waals surface area contributed by atoms with E-state index < -0.39 is 30.2 Å². The van der Waals surface area contributed by atoms with Crippen LogP contribution in [0.2, 0.25) is 0 Å². The first-order chi connectivity index (χ1) is 11.5. The van der Waals surface area contributed by atoms with Gasteiger partial charge >= 0.3 is 94.1 Å². The van der Waals surface area contributed by atoms with Gasteiger partial charge in [-0.2, -0.15) is 0 Å². The van der Waals surface area contributed by atoms with Gasteiger partial charge in [0.05, 0.1) is 5.56 Å².